The van der Waals surface area contributed by atoms with Crippen molar-refractivity contribution in [2.75, 3.05) is 12.3 Å². The van der Waals surface area contributed by atoms with Gasteiger partial charge in [-0.2, -0.15) is 4.98 Å². The zero-order valence-electron chi connectivity index (χ0n) is 11.8. The number of rotatable bonds is 6. The molecule has 0 aliphatic rings. The monoisotopic (exact) mass is 273 g/mol. The van der Waals surface area contributed by atoms with Crippen molar-refractivity contribution in [3.63, 3.8) is 0 Å². The van der Waals surface area contributed by atoms with Crippen molar-refractivity contribution in [1.29, 1.82) is 0 Å². The summed E-state index contributed by atoms with van der Waals surface area (Å²) in [6.45, 7) is 4.95. The summed E-state index contributed by atoms with van der Waals surface area (Å²) in [7, 11) is 0. The van der Waals surface area contributed by atoms with E-state index in [0.29, 0.717) is 30.7 Å². The van der Waals surface area contributed by atoms with Crippen molar-refractivity contribution in [2.45, 2.75) is 26.9 Å². The average molecular weight is 273 g/mol. The maximum atomic E-state index is 5.75. The van der Waals surface area contributed by atoms with Crippen LogP contribution >= 0.6 is 0 Å². The highest BCUT2D eigenvalue weighted by Gasteiger charge is 2.05. The Morgan fingerprint density at radius 1 is 1.15 bits per heavy atom. The normalized spacial score (nSPS) is 10.5. The zero-order chi connectivity index (χ0) is 14.4. The maximum absolute atomic E-state index is 5.75. The molecule has 0 fully saturated rings. The summed E-state index contributed by atoms with van der Waals surface area (Å²) in [5.74, 6) is 2.06. The number of nitrogens with zero attached hydrogens (tertiary/aromatic N) is 2. The Morgan fingerprint density at radius 2 is 2.00 bits per heavy atom. The van der Waals surface area contributed by atoms with E-state index < -0.39 is 0 Å². The molecule has 1 heterocycles. The predicted molar refractivity (Wildman–Crippen MR) is 77.7 cm³/mol. The van der Waals surface area contributed by atoms with E-state index in [1.54, 1.807) is 6.07 Å². The molecule has 0 amide bonds. The van der Waals surface area contributed by atoms with Crippen molar-refractivity contribution in [2.24, 2.45) is 0 Å². The first-order valence-corrected chi connectivity index (χ1v) is 6.69. The molecule has 0 radical (unpaired) electrons. The third-order valence-electron chi connectivity index (χ3n) is 2.73. The van der Waals surface area contributed by atoms with Gasteiger partial charge in [0.1, 0.15) is 18.2 Å². The van der Waals surface area contributed by atoms with E-state index in [1.807, 2.05) is 25.1 Å². The van der Waals surface area contributed by atoms with Crippen LogP contribution in [0.15, 0.2) is 30.3 Å². The number of aromatic nitrogens is 2. The summed E-state index contributed by atoms with van der Waals surface area (Å²) in [6.07, 6.45) is 0.957. The third-order valence-corrected chi connectivity index (χ3v) is 2.73. The van der Waals surface area contributed by atoms with Gasteiger partial charge in [0, 0.05) is 12.7 Å². The number of nitrogens with two attached hydrogens (primary N) is 1. The van der Waals surface area contributed by atoms with E-state index in [9.17, 15) is 0 Å². The SMILES string of the molecule is CCOCc1nc(N)cc(Oc2cccc(CC)c2)n1. The van der Waals surface area contributed by atoms with Crippen molar-refractivity contribution in [3.8, 4) is 11.6 Å². The van der Waals surface area contributed by atoms with Crippen LogP contribution in [0.25, 0.3) is 0 Å². The van der Waals surface area contributed by atoms with Gasteiger partial charge in [-0.15, -0.1) is 0 Å². The first-order valence-electron chi connectivity index (χ1n) is 6.69. The van der Waals surface area contributed by atoms with E-state index in [4.69, 9.17) is 15.2 Å². The molecule has 0 aliphatic heterocycles. The number of anilines is 1. The van der Waals surface area contributed by atoms with Crippen LogP contribution in [0.5, 0.6) is 11.6 Å². The fraction of sp³-hybridized carbons (Fsp3) is 0.333. The molecule has 1 aromatic heterocycles. The molecular formula is C15H19N3O2. The highest BCUT2D eigenvalue weighted by atomic mass is 16.5. The Bertz CT molecular complexity index is 573. The molecule has 0 saturated carbocycles. The van der Waals surface area contributed by atoms with Gasteiger partial charge >= 0.3 is 0 Å². The van der Waals surface area contributed by atoms with E-state index in [2.05, 4.69) is 23.0 Å². The standard InChI is InChI=1S/C15H19N3O2/c1-3-11-6-5-7-12(8-11)20-15-9-13(16)17-14(18-15)10-19-4-2/h5-9H,3-4,10H2,1-2H3,(H2,16,17,18). The van der Waals surface area contributed by atoms with Crippen LogP contribution in [0.1, 0.15) is 25.2 Å². The van der Waals surface area contributed by atoms with Gasteiger partial charge in [0.25, 0.3) is 0 Å². The fourth-order valence-electron chi connectivity index (χ4n) is 1.75. The second kappa shape index (κ2) is 6.86. The van der Waals surface area contributed by atoms with Crippen LogP contribution in [-0.2, 0) is 17.8 Å². The van der Waals surface area contributed by atoms with Crippen molar-refractivity contribution >= 4 is 5.82 Å². The maximum Gasteiger partial charge on any atom is 0.224 e. The van der Waals surface area contributed by atoms with E-state index in [0.717, 1.165) is 12.2 Å². The second-order valence-corrected chi connectivity index (χ2v) is 4.29. The number of hydrogen-bond donors (Lipinski definition) is 1. The molecule has 0 atom stereocenters. The van der Waals surface area contributed by atoms with Crippen LogP contribution in [0.2, 0.25) is 0 Å². The number of benzene rings is 1. The van der Waals surface area contributed by atoms with Crippen LogP contribution in [0.3, 0.4) is 0 Å². The van der Waals surface area contributed by atoms with Gasteiger partial charge in [0.15, 0.2) is 5.82 Å². The second-order valence-electron chi connectivity index (χ2n) is 4.29. The molecule has 2 rings (SSSR count). The van der Waals surface area contributed by atoms with Crippen molar-refractivity contribution < 1.29 is 9.47 Å². The topological polar surface area (TPSA) is 70.3 Å². The van der Waals surface area contributed by atoms with Gasteiger partial charge in [-0.05, 0) is 31.0 Å². The molecule has 5 nitrogen and oxygen atoms in total. The lowest BCUT2D eigenvalue weighted by atomic mass is 10.2. The lowest BCUT2D eigenvalue weighted by Gasteiger charge is -2.08. The fourth-order valence-corrected chi connectivity index (χ4v) is 1.75. The Kier molecular flexibility index (Phi) is 4.90. The Morgan fingerprint density at radius 3 is 2.75 bits per heavy atom. The van der Waals surface area contributed by atoms with Gasteiger partial charge in [-0.1, -0.05) is 19.1 Å². The van der Waals surface area contributed by atoms with Crippen LogP contribution in [0, 0.1) is 0 Å². The summed E-state index contributed by atoms with van der Waals surface area (Å²) >= 11 is 0. The van der Waals surface area contributed by atoms with Gasteiger partial charge in [-0.25, -0.2) is 4.98 Å². The van der Waals surface area contributed by atoms with Gasteiger partial charge < -0.3 is 15.2 Å². The molecular weight excluding hydrogens is 254 g/mol. The molecule has 106 valence electrons. The van der Waals surface area contributed by atoms with Gasteiger partial charge in [-0.3, -0.25) is 0 Å². The quantitative estimate of drug-likeness (QED) is 0.876. The number of hydrogen-bond acceptors (Lipinski definition) is 5. The molecule has 0 saturated heterocycles. The van der Waals surface area contributed by atoms with Crippen LogP contribution in [-0.4, -0.2) is 16.6 Å². The van der Waals surface area contributed by atoms with E-state index in [1.165, 1.54) is 5.56 Å². The summed E-state index contributed by atoms with van der Waals surface area (Å²) in [5, 5.41) is 0. The first kappa shape index (κ1) is 14.3. The average Bonchev–Trinajstić information content (AvgIpc) is 2.44. The number of ether oxygens (including phenoxy) is 2. The van der Waals surface area contributed by atoms with Crippen molar-refractivity contribution in [3.05, 3.63) is 41.7 Å². The molecule has 2 aromatic rings. The molecule has 0 aliphatic carbocycles. The molecule has 20 heavy (non-hydrogen) atoms. The van der Waals surface area contributed by atoms with E-state index >= 15 is 0 Å². The predicted octanol–water partition coefficient (Wildman–Crippen LogP) is 2.95. The minimum Gasteiger partial charge on any atom is -0.439 e. The van der Waals surface area contributed by atoms with Crippen LogP contribution < -0.4 is 10.5 Å². The lowest BCUT2D eigenvalue weighted by molar-refractivity contribution is 0.128. The molecule has 1 aromatic carbocycles. The van der Waals surface area contributed by atoms with Crippen LogP contribution in [0.4, 0.5) is 5.82 Å². The third kappa shape index (κ3) is 3.93. The largest absolute Gasteiger partial charge is 0.439 e. The summed E-state index contributed by atoms with van der Waals surface area (Å²) in [4.78, 5) is 8.39. The molecule has 5 heteroatoms. The molecule has 2 N–H and O–H groups in total. The highest BCUT2D eigenvalue weighted by molar-refractivity contribution is 5.36. The lowest BCUT2D eigenvalue weighted by Crippen LogP contribution is -2.03. The minimum atomic E-state index is 0.326. The summed E-state index contributed by atoms with van der Waals surface area (Å²) < 4.78 is 11.0. The summed E-state index contributed by atoms with van der Waals surface area (Å²) in [6, 6.07) is 9.50. The molecule has 0 unspecified atom stereocenters. The van der Waals surface area contributed by atoms with Crippen molar-refractivity contribution in [1.82, 2.24) is 9.97 Å². The van der Waals surface area contributed by atoms with E-state index in [-0.39, 0.29) is 0 Å². The zero-order valence-corrected chi connectivity index (χ0v) is 11.8. The smallest absolute Gasteiger partial charge is 0.224 e. The molecule has 0 bridgehead atoms. The molecule has 0 spiro atoms. The Labute approximate surface area is 118 Å². The number of aryl methyl sites for hydroxylation is 1. The van der Waals surface area contributed by atoms with Gasteiger partial charge in [0.05, 0.1) is 0 Å². The highest BCUT2D eigenvalue weighted by Crippen LogP contribution is 2.22. The Balaban J connectivity index is 2.17. The number of nitrogen functional groups attached to an aromatic ring is 1. The van der Waals surface area contributed by atoms with Gasteiger partial charge in [0.2, 0.25) is 5.88 Å². The summed E-state index contributed by atoms with van der Waals surface area (Å²) in [5.41, 5.74) is 6.96. The Hall–Kier alpha value is -2.14. The first-order chi connectivity index (χ1) is 9.71. The minimum absolute atomic E-state index is 0.326.